The minimum atomic E-state index is -0.159. The molecule has 0 bridgehead atoms. The van der Waals surface area contributed by atoms with Crippen molar-refractivity contribution in [3.63, 3.8) is 0 Å². The second-order valence-electron chi connectivity index (χ2n) is 6.32. The highest BCUT2D eigenvalue weighted by Gasteiger charge is 2.19. The van der Waals surface area contributed by atoms with Crippen molar-refractivity contribution in [3.8, 4) is 0 Å². The molecule has 0 aromatic carbocycles. The van der Waals surface area contributed by atoms with E-state index in [1.165, 1.54) is 16.0 Å². The second-order valence-corrected chi connectivity index (χ2v) is 8.35. The fourth-order valence-electron chi connectivity index (χ4n) is 3.20. The number of aliphatic hydroxyl groups is 1. The Balaban J connectivity index is 1.54. The van der Waals surface area contributed by atoms with Crippen LogP contribution < -0.4 is 21.9 Å². The first-order valence-corrected chi connectivity index (χ1v) is 10.2. The zero-order chi connectivity index (χ0) is 19.3. The summed E-state index contributed by atoms with van der Waals surface area (Å²) in [6.45, 7) is 0.287. The summed E-state index contributed by atoms with van der Waals surface area (Å²) < 4.78 is 4.20. The van der Waals surface area contributed by atoms with E-state index in [4.69, 9.17) is 10.1 Å². The SMILES string of the molecule is Cn1c2nc(Cc3csc(CO)n3)sc2c2cnn(CC3=CNNN3)c(=O)c21. The summed E-state index contributed by atoms with van der Waals surface area (Å²) in [5, 5.41) is 17.9. The Labute approximate surface area is 166 Å². The van der Waals surface area contributed by atoms with Gasteiger partial charge in [0.05, 0.1) is 35.4 Å². The number of allylic oxidation sites excluding steroid dienone is 1. The summed E-state index contributed by atoms with van der Waals surface area (Å²) in [5.41, 5.74) is 11.4. The third-order valence-corrected chi connectivity index (χ3v) is 6.46. The number of aryl methyl sites for hydroxylation is 1. The van der Waals surface area contributed by atoms with Gasteiger partial charge in [-0.1, -0.05) is 0 Å². The number of aliphatic hydroxyl groups excluding tert-OH is 1. The Morgan fingerprint density at radius 3 is 2.93 bits per heavy atom. The predicted octanol–water partition coefficient (Wildman–Crippen LogP) is 0.338. The maximum Gasteiger partial charge on any atom is 0.291 e. The molecule has 4 N–H and O–H groups in total. The lowest BCUT2D eigenvalue weighted by Crippen LogP contribution is -2.34. The molecule has 4 aromatic rings. The van der Waals surface area contributed by atoms with Crippen LogP contribution in [0.2, 0.25) is 0 Å². The maximum atomic E-state index is 12.9. The summed E-state index contributed by atoms with van der Waals surface area (Å²) in [6, 6.07) is 0. The van der Waals surface area contributed by atoms with Crippen LogP contribution in [0.25, 0.3) is 21.3 Å². The fourth-order valence-corrected chi connectivity index (χ4v) is 4.97. The lowest BCUT2D eigenvalue weighted by molar-refractivity contribution is 0.281. The lowest BCUT2D eigenvalue weighted by atomic mass is 10.3. The van der Waals surface area contributed by atoms with Gasteiger partial charge >= 0.3 is 0 Å². The Morgan fingerprint density at radius 2 is 2.18 bits per heavy atom. The van der Waals surface area contributed by atoms with E-state index in [-0.39, 0.29) is 12.2 Å². The van der Waals surface area contributed by atoms with Gasteiger partial charge in [0.1, 0.15) is 15.5 Å². The van der Waals surface area contributed by atoms with Crippen molar-refractivity contribution in [1.82, 2.24) is 40.7 Å². The van der Waals surface area contributed by atoms with E-state index >= 15 is 0 Å². The number of rotatable bonds is 5. The number of hydrogen-bond donors (Lipinski definition) is 4. The monoisotopic (exact) mass is 416 g/mol. The summed E-state index contributed by atoms with van der Waals surface area (Å²) in [4.78, 5) is 22.0. The van der Waals surface area contributed by atoms with E-state index in [0.29, 0.717) is 23.5 Å². The molecule has 0 fully saturated rings. The third kappa shape index (κ3) is 2.77. The third-order valence-electron chi connectivity index (χ3n) is 4.50. The number of hydrogen-bond acceptors (Lipinski definition) is 10. The van der Waals surface area contributed by atoms with Crippen LogP contribution in [0.3, 0.4) is 0 Å². The molecule has 0 radical (unpaired) electrons. The minimum absolute atomic E-state index is 0.0500. The van der Waals surface area contributed by atoms with E-state index in [1.54, 1.807) is 23.7 Å². The van der Waals surface area contributed by atoms with Gasteiger partial charge in [-0.3, -0.25) is 4.79 Å². The molecule has 0 unspecified atom stereocenters. The van der Waals surface area contributed by atoms with E-state index in [2.05, 4.69) is 26.5 Å². The molecule has 5 heterocycles. The van der Waals surface area contributed by atoms with Gasteiger partial charge in [-0.25, -0.2) is 14.6 Å². The second kappa shape index (κ2) is 6.67. The van der Waals surface area contributed by atoms with Crippen LogP contribution >= 0.6 is 22.7 Å². The van der Waals surface area contributed by atoms with Gasteiger partial charge in [0, 0.05) is 30.4 Å². The van der Waals surface area contributed by atoms with Crippen molar-refractivity contribution in [3.05, 3.63) is 49.5 Å². The lowest BCUT2D eigenvalue weighted by Gasteiger charge is -2.06. The zero-order valence-electron chi connectivity index (χ0n) is 14.8. The van der Waals surface area contributed by atoms with Crippen molar-refractivity contribution >= 4 is 43.9 Å². The molecular weight excluding hydrogens is 400 g/mol. The van der Waals surface area contributed by atoms with Crippen molar-refractivity contribution in [2.75, 3.05) is 0 Å². The Hall–Kier alpha value is -2.80. The van der Waals surface area contributed by atoms with Crippen LogP contribution in [0.1, 0.15) is 15.7 Å². The van der Waals surface area contributed by atoms with Gasteiger partial charge < -0.3 is 20.5 Å². The normalized spacial score (nSPS) is 13.9. The van der Waals surface area contributed by atoms with Crippen LogP contribution in [0.5, 0.6) is 0 Å². The largest absolute Gasteiger partial charge is 0.389 e. The van der Waals surface area contributed by atoms with E-state index in [0.717, 1.165) is 32.1 Å². The molecule has 144 valence electrons. The highest BCUT2D eigenvalue weighted by molar-refractivity contribution is 7.19. The van der Waals surface area contributed by atoms with Gasteiger partial charge in [-0.15, -0.1) is 22.7 Å². The van der Waals surface area contributed by atoms with Gasteiger partial charge in [-0.05, 0) is 0 Å². The predicted molar refractivity (Wildman–Crippen MR) is 106 cm³/mol. The fraction of sp³-hybridized carbons (Fsp3) is 0.250. The van der Waals surface area contributed by atoms with Gasteiger partial charge in [0.2, 0.25) is 0 Å². The van der Waals surface area contributed by atoms with Crippen LogP contribution in [-0.2, 0) is 26.6 Å². The maximum absolute atomic E-state index is 12.9. The summed E-state index contributed by atoms with van der Waals surface area (Å²) in [6.07, 6.45) is 4.07. The van der Waals surface area contributed by atoms with E-state index in [1.807, 2.05) is 17.0 Å². The molecule has 0 saturated carbocycles. The topological polar surface area (TPSA) is 122 Å². The highest BCUT2D eigenvalue weighted by Crippen LogP contribution is 2.31. The summed E-state index contributed by atoms with van der Waals surface area (Å²) in [5.74, 6) is 0. The van der Waals surface area contributed by atoms with Gasteiger partial charge in [0.25, 0.3) is 5.56 Å². The molecule has 0 atom stereocenters. The molecular formula is C16H16N8O2S2. The zero-order valence-corrected chi connectivity index (χ0v) is 16.4. The number of aromatic nitrogens is 5. The van der Waals surface area contributed by atoms with Gasteiger partial charge in [-0.2, -0.15) is 10.6 Å². The molecule has 10 nitrogen and oxygen atoms in total. The van der Waals surface area contributed by atoms with Crippen molar-refractivity contribution in [2.24, 2.45) is 7.05 Å². The summed E-state index contributed by atoms with van der Waals surface area (Å²) >= 11 is 2.98. The molecule has 5 rings (SSSR count). The van der Waals surface area contributed by atoms with E-state index < -0.39 is 0 Å². The highest BCUT2D eigenvalue weighted by atomic mass is 32.1. The average Bonchev–Trinajstić information content (AvgIpc) is 3.46. The molecule has 0 aliphatic carbocycles. The molecule has 0 amide bonds. The van der Waals surface area contributed by atoms with Crippen molar-refractivity contribution < 1.29 is 5.11 Å². The number of nitrogens with one attached hydrogen (secondary N) is 3. The minimum Gasteiger partial charge on any atom is -0.389 e. The Kier molecular flexibility index (Phi) is 4.12. The molecule has 0 spiro atoms. The number of thiazole rings is 2. The van der Waals surface area contributed by atoms with Crippen LogP contribution in [-0.4, -0.2) is 29.4 Å². The molecule has 28 heavy (non-hydrogen) atoms. The quantitative estimate of drug-likeness (QED) is 0.367. The molecule has 4 aromatic heterocycles. The molecule has 1 aliphatic heterocycles. The van der Waals surface area contributed by atoms with Gasteiger partial charge in [0.15, 0.2) is 5.65 Å². The van der Waals surface area contributed by atoms with Crippen molar-refractivity contribution in [2.45, 2.75) is 19.6 Å². The number of hydrazine groups is 2. The average molecular weight is 416 g/mol. The number of fused-ring (bicyclic) bond motifs is 3. The first-order valence-electron chi connectivity index (χ1n) is 8.47. The standard InChI is InChI=1S/C16H16N8O2S2/c1-23-13-10(4-18-24(16(13)26)5-9-3-17-22-21-9)14-15(23)20-11(28-14)2-8-7-27-12(6-25)19-8/h3-4,7,17,21-22,25H,2,5-6H2,1H3. The Morgan fingerprint density at radius 1 is 1.29 bits per heavy atom. The smallest absolute Gasteiger partial charge is 0.291 e. The molecule has 12 heteroatoms. The van der Waals surface area contributed by atoms with E-state index in [9.17, 15) is 4.79 Å². The first kappa shape index (κ1) is 17.3. The first-order chi connectivity index (χ1) is 13.6. The Bertz CT molecular complexity index is 1280. The molecule has 0 saturated heterocycles. The van der Waals surface area contributed by atoms with Crippen molar-refractivity contribution in [1.29, 1.82) is 0 Å². The number of nitrogens with zero attached hydrogens (tertiary/aromatic N) is 5. The van der Waals surface area contributed by atoms with Crippen LogP contribution in [0, 0.1) is 0 Å². The summed E-state index contributed by atoms with van der Waals surface area (Å²) in [7, 11) is 1.85. The van der Waals surface area contributed by atoms with Crippen LogP contribution in [0.4, 0.5) is 0 Å². The molecule has 1 aliphatic rings. The van der Waals surface area contributed by atoms with Crippen LogP contribution in [0.15, 0.2) is 28.3 Å².